The van der Waals surface area contributed by atoms with Gasteiger partial charge in [-0.15, -0.1) is 0 Å². The number of hydrogen-bond acceptors (Lipinski definition) is 4. The molecule has 0 bridgehead atoms. The maximum atomic E-state index is 6.38. The summed E-state index contributed by atoms with van der Waals surface area (Å²) in [5, 5.41) is 0. The van der Waals surface area contributed by atoms with E-state index in [2.05, 4.69) is 23.8 Å². The second-order valence-electron chi connectivity index (χ2n) is 4.96. The second-order valence-corrected chi connectivity index (χ2v) is 4.96. The van der Waals surface area contributed by atoms with Gasteiger partial charge in [0.2, 0.25) is 0 Å². The minimum Gasteiger partial charge on any atom is -0.486 e. The lowest BCUT2D eigenvalue weighted by Crippen LogP contribution is -2.36. The molecule has 1 aliphatic heterocycles. The highest BCUT2D eigenvalue weighted by atomic mass is 16.6. The molecule has 0 unspecified atom stereocenters. The molecule has 0 aliphatic carbocycles. The molecule has 2 aromatic rings. The first-order chi connectivity index (χ1) is 9.16. The molecule has 1 aliphatic rings. The lowest BCUT2D eigenvalue weighted by molar-refractivity contribution is 0.172. The van der Waals surface area contributed by atoms with E-state index in [0.29, 0.717) is 13.2 Å². The number of imidazole rings is 1. The van der Waals surface area contributed by atoms with Gasteiger partial charge in [-0.25, -0.2) is 4.98 Å². The van der Waals surface area contributed by atoms with Crippen molar-refractivity contribution in [2.45, 2.75) is 32.2 Å². The number of benzene rings is 1. The Bertz CT molecular complexity index is 559. The number of nitrogens with zero attached hydrogens (tertiary/aromatic N) is 1. The predicted molar refractivity (Wildman–Crippen MR) is 73.5 cm³/mol. The Hall–Kier alpha value is -1.75. The molecular formula is C14H19N3O2. The quantitative estimate of drug-likeness (QED) is 0.889. The molecule has 0 fully saturated rings. The van der Waals surface area contributed by atoms with Gasteiger partial charge in [-0.2, -0.15) is 0 Å². The van der Waals surface area contributed by atoms with Crippen LogP contribution in [0.25, 0.3) is 11.0 Å². The minimum absolute atomic E-state index is 0.402. The summed E-state index contributed by atoms with van der Waals surface area (Å²) < 4.78 is 11.1. The molecule has 3 N–H and O–H groups in total. The van der Waals surface area contributed by atoms with Gasteiger partial charge in [-0.05, 0) is 12.8 Å². The molecule has 1 aromatic heterocycles. The van der Waals surface area contributed by atoms with Gasteiger partial charge in [0.1, 0.15) is 19.0 Å². The van der Waals surface area contributed by atoms with E-state index in [1.165, 1.54) is 0 Å². The van der Waals surface area contributed by atoms with Crippen LogP contribution in [0.3, 0.4) is 0 Å². The van der Waals surface area contributed by atoms with Crippen molar-refractivity contribution in [2.75, 3.05) is 13.2 Å². The Morgan fingerprint density at radius 2 is 1.84 bits per heavy atom. The minimum atomic E-state index is -0.402. The van der Waals surface area contributed by atoms with E-state index >= 15 is 0 Å². The number of aromatic amines is 1. The zero-order valence-corrected chi connectivity index (χ0v) is 11.3. The fourth-order valence-corrected chi connectivity index (χ4v) is 2.37. The largest absolute Gasteiger partial charge is 0.486 e. The average molecular weight is 261 g/mol. The molecule has 19 heavy (non-hydrogen) atoms. The third-order valence-corrected chi connectivity index (χ3v) is 3.88. The highest BCUT2D eigenvalue weighted by molar-refractivity contribution is 5.80. The first-order valence-corrected chi connectivity index (χ1v) is 6.75. The summed E-state index contributed by atoms with van der Waals surface area (Å²) in [6, 6.07) is 3.85. The fourth-order valence-electron chi connectivity index (χ4n) is 2.37. The van der Waals surface area contributed by atoms with E-state index in [-0.39, 0.29) is 0 Å². The van der Waals surface area contributed by atoms with Crippen molar-refractivity contribution in [1.82, 2.24) is 9.97 Å². The zero-order valence-electron chi connectivity index (χ0n) is 11.3. The molecule has 0 saturated carbocycles. The van der Waals surface area contributed by atoms with E-state index in [9.17, 15) is 0 Å². The Balaban J connectivity index is 2.10. The fraction of sp³-hybridized carbons (Fsp3) is 0.500. The van der Waals surface area contributed by atoms with E-state index < -0.39 is 5.54 Å². The molecule has 5 nitrogen and oxygen atoms in total. The maximum absolute atomic E-state index is 6.38. The molecule has 0 saturated heterocycles. The molecule has 3 rings (SSSR count). The first kappa shape index (κ1) is 12.3. The van der Waals surface area contributed by atoms with Crippen LogP contribution >= 0.6 is 0 Å². The topological polar surface area (TPSA) is 73.2 Å². The summed E-state index contributed by atoms with van der Waals surface area (Å²) in [4.78, 5) is 7.93. The Morgan fingerprint density at radius 1 is 1.21 bits per heavy atom. The lowest BCUT2D eigenvalue weighted by atomic mass is 9.93. The van der Waals surface area contributed by atoms with Gasteiger partial charge in [0.05, 0.1) is 16.6 Å². The standard InChI is InChI=1S/C14H19N3O2/c1-3-14(15,4-2)13-16-9-7-11-12(8-10(9)17-13)19-6-5-18-11/h7-8H,3-6,15H2,1-2H3,(H,16,17). The maximum Gasteiger partial charge on any atom is 0.163 e. The van der Waals surface area contributed by atoms with E-state index in [4.69, 9.17) is 15.2 Å². The average Bonchev–Trinajstić information content (AvgIpc) is 2.87. The molecule has 1 aromatic carbocycles. The second kappa shape index (κ2) is 4.42. The molecule has 5 heteroatoms. The summed E-state index contributed by atoms with van der Waals surface area (Å²) in [6.07, 6.45) is 1.69. The van der Waals surface area contributed by atoms with Gasteiger partial charge in [0.25, 0.3) is 0 Å². The van der Waals surface area contributed by atoms with Crippen molar-refractivity contribution in [3.63, 3.8) is 0 Å². The van der Waals surface area contributed by atoms with Crippen LogP contribution in [0.5, 0.6) is 11.5 Å². The van der Waals surface area contributed by atoms with Gasteiger partial charge < -0.3 is 20.2 Å². The summed E-state index contributed by atoms with van der Waals surface area (Å²) >= 11 is 0. The molecular weight excluding hydrogens is 242 g/mol. The zero-order chi connectivity index (χ0) is 13.5. The monoisotopic (exact) mass is 261 g/mol. The van der Waals surface area contributed by atoms with Crippen LogP contribution in [0.15, 0.2) is 12.1 Å². The van der Waals surface area contributed by atoms with Gasteiger partial charge in [0.15, 0.2) is 11.5 Å². The lowest BCUT2D eigenvalue weighted by Gasteiger charge is -2.23. The number of fused-ring (bicyclic) bond motifs is 2. The summed E-state index contributed by atoms with van der Waals surface area (Å²) in [6.45, 7) is 5.33. The van der Waals surface area contributed by atoms with E-state index in [1.807, 2.05) is 12.1 Å². The summed E-state index contributed by atoms with van der Waals surface area (Å²) in [5.41, 5.74) is 7.79. The molecule has 0 spiro atoms. The number of rotatable bonds is 3. The highest BCUT2D eigenvalue weighted by Gasteiger charge is 2.27. The van der Waals surface area contributed by atoms with Crippen molar-refractivity contribution in [2.24, 2.45) is 5.73 Å². The van der Waals surface area contributed by atoms with Crippen molar-refractivity contribution in [3.05, 3.63) is 18.0 Å². The summed E-state index contributed by atoms with van der Waals surface area (Å²) in [5.74, 6) is 2.35. The highest BCUT2D eigenvalue weighted by Crippen LogP contribution is 2.35. The van der Waals surface area contributed by atoms with Gasteiger partial charge in [0, 0.05) is 12.1 Å². The van der Waals surface area contributed by atoms with Crippen LogP contribution in [-0.4, -0.2) is 23.2 Å². The van der Waals surface area contributed by atoms with Crippen molar-refractivity contribution in [1.29, 1.82) is 0 Å². The molecule has 0 amide bonds. The SMILES string of the molecule is CCC(N)(CC)c1nc2cc3c(cc2[nH]1)OCCO3. The van der Waals surface area contributed by atoms with Gasteiger partial charge in [-0.1, -0.05) is 13.8 Å². The predicted octanol–water partition coefficient (Wildman–Crippen LogP) is 2.31. The molecule has 2 heterocycles. The number of nitrogens with one attached hydrogen (secondary N) is 1. The number of nitrogens with two attached hydrogens (primary N) is 1. The normalized spacial score (nSPS) is 14.9. The van der Waals surface area contributed by atoms with Crippen LogP contribution in [0.4, 0.5) is 0 Å². The first-order valence-electron chi connectivity index (χ1n) is 6.75. The van der Waals surface area contributed by atoms with Crippen molar-refractivity contribution >= 4 is 11.0 Å². The van der Waals surface area contributed by atoms with E-state index in [0.717, 1.165) is 41.2 Å². The number of H-pyrrole nitrogens is 1. The Labute approximate surface area is 112 Å². The van der Waals surface area contributed by atoms with Gasteiger partial charge >= 0.3 is 0 Å². The molecule has 0 radical (unpaired) electrons. The van der Waals surface area contributed by atoms with Crippen LogP contribution in [0, 0.1) is 0 Å². The third-order valence-electron chi connectivity index (χ3n) is 3.88. The number of ether oxygens (including phenoxy) is 2. The van der Waals surface area contributed by atoms with Gasteiger partial charge in [-0.3, -0.25) is 0 Å². The van der Waals surface area contributed by atoms with Crippen LogP contribution in [0.1, 0.15) is 32.5 Å². The third kappa shape index (κ3) is 1.94. The van der Waals surface area contributed by atoms with Crippen LogP contribution < -0.4 is 15.2 Å². The molecule has 0 atom stereocenters. The van der Waals surface area contributed by atoms with Crippen molar-refractivity contribution in [3.8, 4) is 11.5 Å². The Kier molecular flexibility index (Phi) is 2.86. The molecule has 102 valence electrons. The van der Waals surface area contributed by atoms with E-state index in [1.54, 1.807) is 0 Å². The van der Waals surface area contributed by atoms with Crippen molar-refractivity contribution < 1.29 is 9.47 Å². The number of hydrogen-bond donors (Lipinski definition) is 2. The van der Waals surface area contributed by atoms with Crippen LogP contribution in [-0.2, 0) is 5.54 Å². The number of aromatic nitrogens is 2. The Morgan fingerprint density at radius 3 is 2.47 bits per heavy atom. The van der Waals surface area contributed by atoms with Crippen LogP contribution in [0.2, 0.25) is 0 Å². The summed E-state index contributed by atoms with van der Waals surface area (Å²) in [7, 11) is 0. The smallest absolute Gasteiger partial charge is 0.163 e.